The first-order valence-corrected chi connectivity index (χ1v) is 33.2. The van der Waals surface area contributed by atoms with Crippen LogP contribution >= 0.6 is 0 Å². The highest BCUT2D eigenvalue weighted by Crippen LogP contribution is 2.42. The molecule has 13 rings (SSSR count). The summed E-state index contributed by atoms with van der Waals surface area (Å²) in [5, 5.41) is 2.60. The molecule has 0 spiro atoms. The van der Waals surface area contributed by atoms with E-state index in [9.17, 15) is 0 Å². The third-order valence-corrected chi connectivity index (χ3v) is 18.8. The van der Waals surface area contributed by atoms with Crippen molar-refractivity contribution in [1.29, 1.82) is 0 Å². The van der Waals surface area contributed by atoms with Crippen molar-refractivity contribution in [3.63, 3.8) is 0 Å². The van der Waals surface area contributed by atoms with Gasteiger partial charge in [-0.1, -0.05) is 78.9 Å². The van der Waals surface area contributed by atoms with Crippen LogP contribution in [0.4, 0.5) is 11.4 Å². The van der Waals surface area contributed by atoms with E-state index >= 15 is 0 Å². The van der Waals surface area contributed by atoms with E-state index in [0.29, 0.717) is 24.4 Å². The Balaban J connectivity index is 0.000000138. The minimum Gasteiger partial charge on any atom is -0.353 e. The molecule has 478 valence electrons. The Bertz CT molecular complexity index is 4510. The van der Waals surface area contributed by atoms with Crippen LogP contribution in [0.25, 0.3) is 78.7 Å². The number of anilines is 2. The SMILES string of the molecule is Cc1c(N2C=CN(C(C)C)[C@H]2C)cc2ccccc2c1N1C=CN(C(C)C)[C@@H]1C.Cc1cc[n+](C)c(-c2cccc(-c3ccccc3C)[n+]2C)c1.Cc1ccc(-c2cccc(-c3ccccc3C)[n+]2C)[n+](C)c1.Cc1ccccc1-c1cccc(-c2cccc[n+]2C)[n+]1C. The van der Waals surface area contributed by atoms with Gasteiger partial charge in [0, 0.05) is 137 Å². The first-order chi connectivity index (χ1) is 45.1. The quantitative estimate of drug-likeness (QED) is 0.128. The van der Waals surface area contributed by atoms with Gasteiger partial charge < -0.3 is 19.6 Å². The van der Waals surface area contributed by atoms with Crippen molar-refractivity contribution in [2.45, 2.75) is 108 Å². The zero-order chi connectivity index (χ0) is 67.1. The number of nitrogens with zero attached hydrogens (tertiary/aromatic N) is 10. The van der Waals surface area contributed by atoms with Crippen molar-refractivity contribution in [2.24, 2.45) is 42.3 Å². The Morgan fingerprint density at radius 3 is 1.23 bits per heavy atom. The molecular formula is C84H98N10+6. The fraction of sp³-hybridized carbons (Fsp3) is 0.262. The van der Waals surface area contributed by atoms with E-state index in [0.717, 1.165) is 0 Å². The number of aryl methyl sites for hydroxylation is 8. The Morgan fingerprint density at radius 1 is 0.340 bits per heavy atom. The second-order valence-corrected chi connectivity index (χ2v) is 26.0. The molecule has 0 saturated carbocycles. The monoisotopic (exact) mass is 1250 g/mol. The standard InChI is InChI=1S/C25H34N4.2C20H22N2.C19H20N2/c1-17(2)26-12-14-28(20(26)6)24-16-22-10-8-9-11-23(22)25(19(24)5)29-15-13-27(18(3)4)21(29)7;1-15-12-13-19(21(3)14-15)20-11-7-10-18(22(20)4)17-9-6-5-8-16(17)2;1-15-12-13-21(3)20(14-15)19-11-7-10-18(22(19)4)17-9-6-5-8-16(17)2;1-15-9-4-5-10-16(15)17-12-8-13-19(21(17)3)18-11-6-7-14-20(18)2/h8-18,20-21H,1-7H3;2*5-14H,1-4H3;4-14H,1-3H3/q;3*+2/t20-,21+;;;/m1.../s1. The minimum absolute atomic E-state index is 0.297. The lowest BCUT2D eigenvalue weighted by Crippen LogP contribution is -2.41. The van der Waals surface area contributed by atoms with Crippen LogP contribution in [0, 0.1) is 41.5 Å². The summed E-state index contributed by atoms with van der Waals surface area (Å²) in [6.07, 6.45) is 15.9. The lowest BCUT2D eigenvalue weighted by atomic mass is 10.0. The summed E-state index contributed by atoms with van der Waals surface area (Å²) in [6.45, 7) is 26.6. The van der Waals surface area contributed by atoms with Crippen molar-refractivity contribution in [1.82, 2.24) is 9.80 Å². The van der Waals surface area contributed by atoms with E-state index in [4.69, 9.17) is 0 Å². The van der Waals surface area contributed by atoms with Crippen LogP contribution in [0.1, 0.15) is 74.9 Å². The van der Waals surface area contributed by atoms with Crippen LogP contribution < -0.4 is 37.2 Å². The lowest BCUT2D eigenvalue weighted by Gasteiger charge is -2.36. The maximum Gasteiger partial charge on any atom is 0.277 e. The van der Waals surface area contributed by atoms with Gasteiger partial charge in [-0.15, -0.1) is 0 Å². The number of aromatic nitrogens is 6. The highest BCUT2D eigenvalue weighted by Gasteiger charge is 2.32. The molecule has 0 unspecified atom stereocenters. The van der Waals surface area contributed by atoms with Gasteiger partial charge in [0.05, 0.1) is 5.69 Å². The molecule has 0 aliphatic carbocycles. The number of fused-ring (bicyclic) bond motifs is 1. The molecule has 2 aliphatic rings. The smallest absolute Gasteiger partial charge is 0.277 e. The molecule has 0 fully saturated rings. The summed E-state index contributed by atoms with van der Waals surface area (Å²) >= 11 is 0. The molecule has 0 radical (unpaired) electrons. The zero-order valence-corrected chi connectivity index (χ0v) is 58.9. The summed E-state index contributed by atoms with van der Waals surface area (Å²) in [6, 6.07) is 72.1. The van der Waals surface area contributed by atoms with E-state index in [2.05, 4.69) is 416 Å². The topological polar surface area (TPSA) is 36.2 Å². The molecule has 5 aromatic carbocycles. The van der Waals surface area contributed by atoms with Crippen molar-refractivity contribution >= 4 is 22.1 Å². The summed E-state index contributed by atoms with van der Waals surface area (Å²) in [5.74, 6) is 0. The number of hydrogen-bond acceptors (Lipinski definition) is 4. The number of rotatable bonds is 10. The van der Waals surface area contributed by atoms with Gasteiger partial charge in [-0.3, -0.25) is 0 Å². The van der Waals surface area contributed by atoms with Crippen LogP contribution in [-0.2, 0) is 42.3 Å². The van der Waals surface area contributed by atoms with Crippen molar-refractivity contribution in [3.05, 3.63) is 277 Å². The Morgan fingerprint density at radius 2 is 0.755 bits per heavy atom. The average molecular weight is 1250 g/mol. The normalized spacial score (nSPS) is 14.1. The molecule has 0 N–H and O–H groups in total. The third-order valence-electron chi connectivity index (χ3n) is 18.8. The molecule has 94 heavy (non-hydrogen) atoms. The predicted octanol–water partition coefficient (Wildman–Crippen LogP) is 15.4. The zero-order valence-electron chi connectivity index (χ0n) is 58.9. The summed E-state index contributed by atoms with van der Waals surface area (Å²) in [7, 11) is 12.7. The van der Waals surface area contributed by atoms with E-state index < -0.39 is 0 Å². The number of benzene rings is 5. The maximum absolute atomic E-state index is 2.44. The highest BCUT2D eigenvalue weighted by molar-refractivity contribution is 6.00. The van der Waals surface area contributed by atoms with Crippen LogP contribution in [0.2, 0.25) is 0 Å². The van der Waals surface area contributed by atoms with Crippen LogP contribution in [-0.4, -0.2) is 34.2 Å². The molecule has 0 bridgehead atoms. The van der Waals surface area contributed by atoms with E-state index in [1.165, 1.54) is 123 Å². The van der Waals surface area contributed by atoms with Gasteiger partial charge in [0.25, 0.3) is 34.2 Å². The summed E-state index contributed by atoms with van der Waals surface area (Å²) < 4.78 is 13.3. The Labute approximate surface area is 560 Å². The van der Waals surface area contributed by atoms with Gasteiger partial charge >= 0.3 is 0 Å². The number of hydrogen-bond donors (Lipinski definition) is 0. The Hall–Kier alpha value is -10.1. The molecule has 11 aromatic rings. The second-order valence-electron chi connectivity index (χ2n) is 26.0. The van der Waals surface area contributed by atoms with Gasteiger partial charge in [-0.2, -0.15) is 27.4 Å². The van der Waals surface area contributed by atoms with E-state index in [-0.39, 0.29) is 0 Å². The first kappa shape index (κ1) is 66.8. The first-order valence-electron chi connectivity index (χ1n) is 33.2. The average Bonchev–Trinajstić information content (AvgIpc) is 1.46. The van der Waals surface area contributed by atoms with Crippen molar-refractivity contribution in [2.75, 3.05) is 9.80 Å². The molecule has 0 saturated heterocycles. The fourth-order valence-corrected chi connectivity index (χ4v) is 13.5. The van der Waals surface area contributed by atoms with Crippen LogP contribution in [0.3, 0.4) is 0 Å². The van der Waals surface area contributed by atoms with Gasteiger partial charge in [-0.05, 0) is 171 Å². The lowest BCUT2D eigenvalue weighted by molar-refractivity contribution is -0.685. The molecular weight excluding hydrogens is 1150 g/mol. The third kappa shape index (κ3) is 14.1. The summed E-state index contributed by atoms with van der Waals surface area (Å²) in [4.78, 5) is 9.68. The van der Waals surface area contributed by atoms with Gasteiger partial charge in [-0.25, -0.2) is 0 Å². The van der Waals surface area contributed by atoms with Gasteiger partial charge in [0.15, 0.2) is 18.6 Å². The van der Waals surface area contributed by atoms with Crippen molar-refractivity contribution < 1.29 is 27.4 Å². The van der Waals surface area contributed by atoms with Crippen LogP contribution in [0.5, 0.6) is 0 Å². The van der Waals surface area contributed by atoms with Gasteiger partial charge in [0.2, 0.25) is 17.1 Å². The minimum atomic E-state index is 0.297. The van der Waals surface area contributed by atoms with E-state index in [1.54, 1.807) is 0 Å². The number of pyridine rings is 6. The molecule has 2 atom stereocenters. The highest BCUT2D eigenvalue weighted by atomic mass is 15.4. The molecule has 2 aliphatic heterocycles. The maximum atomic E-state index is 2.44. The molecule has 6 aromatic heterocycles. The largest absolute Gasteiger partial charge is 0.353 e. The fourth-order valence-electron chi connectivity index (χ4n) is 13.5. The molecule has 0 amide bonds. The molecule has 10 heteroatoms. The van der Waals surface area contributed by atoms with Crippen LogP contribution in [0.15, 0.2) is 244 Å². The summed E-state index contributed by atoms with van der Waals surface area (Å²) in [5.41, 5.74) is 25.2. The Kier molecular flexibility index (Phi) is 20.8. The molecule has 8 heterocycles. The van der Waals surface area contributed by atoms with Gasteiger partial charge in [0.1, 0.15) is 54.6 Å². The van der Waals surface area contributed by atoms with Crippen molar-refractivity contribution in [3.8, 4) is 67.9 Å². The molecule has 10 nitrogen and oxygen atoms in total. The second kappa shape index (κ2) is 29.3. The predicted molar refractivity (Wildman–Crippen MR) is 387 cm³/mol. The van der Waals surface area contributed by atoms with E-state index in [1.807, 2.05) is 0 Å².